The van der Waals surface area contributed by atoms with E-state index in [1.807, 2.05) is 0 Å². The van der Waals surface area contributed by atoms with Crippen molar-refractivity contribution in [1.29, 1.82) is 0 Å². The topological polar surface area (TPSA) is 373 Å². The second kappa shape index (κ2) is 151. The number of halogens is 24. The number of carboxylic acid groups (broad SMARTS) is 10. The van der Waals surface area contributed by atoms with Crippen molar-refractivity contribution in [2.24, 2.45) is 0 Å². The molecule has 10 N–H and O–H groups in total. The summed E-state index contributed by atoms with van der Waals surface area (Å²) in [4.78, 5) is 95.5. The van der Waals surface area contributed by atoms with Crippen molar-refractivity contribution < 1.29 is 99.0 Å². The fourth-order valence-electron chi connectivity index (χ4n) is 0.713. The predicted octanol–water partition coefficient (Wildman–Crippen LogP) is 8.68. The summed E-state index contributed by atoms with van der Waals surface area (Å²) >= 11 is 0. The molecule has 0 fully saturated rings. The van der Waals surface area contributed by atoms with E-state index in [4.69, 9.17) is 51.1 Å². The van der Waals surface area contributed by atoms with E-state index in [1.165, 1.54) is 0 Å². The van der Waals surface area contributed by atoms with Crippen molar-refractivity contribution in [1.82, 2.24) is 0 Å². The summed E-state index contributed by atoms with van der Waals surface area (Å²) in [6.07, 6.45) is 5.58. The molecule has 0 aromatic heterocycles. The van der Waals surface area contributed by atoms with Crippen molar-refractivity contribution in [2.45, 2.75) is 0 Å². The summed E-state index contributed by atoms with van der Waals surface area (Å²) in [5.74, 6) is -12.6. The van der Waals surface area contributed by atoms with Crippen molar-refractivity contribution in [3.63, 3.8) is 0 Å². The monoisotopic (exact) mass is 1440 g/mol. The molecular weight excluding hydrogens is 1410 g/mol. The fraction of sp³-hybridized carbons (Fsp3) is 0. The van der Waals surface area contributed by atoms with Gasteiger partial charge in [-0.2, -0.15) is 0 Å². The third kappa shape index (κ3) is 365. The van der Waals surface area contributed by atoms with E-state index >= 15 is 0 Å². The SMILES string of the molecule is Cl.Cl.Cl.Cl.Cl.Cl.Cl.Cl.Cl.Cl.Cl.Cl.Cl.Cl.Cl.Cl.Cl.Cl.Cl.Cl.Cl.Cl.Cl.Cl.O=C(O)/C=C/C(=O)O.O=C(O)/C=C/C(=O)O.O=C(O)/C=C/C(=O)O.O=C(O)/C=C/C(=O)O.O=C(O)/C=C/C(=O)O. The average Bonchev–Trinajstić information content (AvgIpc) is 2.79. The number of carbonyl (C=O) groups is 10. The van der Waals surface area contributed by atoms with Gasteiger partial charge in [0.05, 0.1) is 0 Å². The molecule has 0 heterocycles. The van der Waals surface area contributed by atoms with Crippen LogP contribution in [0.5, 0.6) is 0 Å². The molecule has 0 aromatic rings. The average molecular weight is 1460 g/mol. The van der Waals surface area contributed by atoms with Crippen LogP contribution in [-0.4, -0.2) is 111 Å². The summed E-state index contributed by atoms with van der Waals surface area (Å²) in [6.45, 7) is 0. The van der Waals surface area contributed by atoms with Crippen LogP contribution in [0.4, 0.5) is 0 Å². The minimum atomic E-state index is -1.26. The Labute approximate surface area is 511 Å². The minimum Gasteiger partial charge on any atom is -0.478 e. The van der Waals surface area contributed by atoms with Gasteiger partial charge >= 0.3 is 59.7 Å². The molecule has 0 aromatic carbocycles. The Balaban J connectivity index is -0.00000000810. The molecule has 0 bridgehead atoms. The van der Waals surface area contributed by atoms with Gasteiger partial charge in [-0.3, -0.25) is 0 Å². The van der Waals surface area contributed by atoms with Crippen molar-refractivity contribution in [3.8, 4) is 0 Å². The second-order valence-corrected chi connectivity index (χ2v) is 5.05. The van der Waals surface area contributed by atoms with E-state index in [9.17, 15) is 47.9 Å². The molecule has 0 amide bonds. The van der Waals surface area contributed by atoms with Gasteiger partial charge in [0, 0.05) is 60.8 Å². The lowest BCUT2D eigenvalue weighted by Crippen LogP contribution is -1.91. The van der Waals surface area contributed by atoms with Gasteiger partial charge in [-0.05, 0) is 0 Å². The third-order valence-corrected chi connectivity index (χ3v) is 1.84. The highest BCUT2D eigenvalue weighted by atomic mass is 35.5. The molecule has 64 heavy (non-hydrogen) atoms. The molecular formula is C20H44Cl24O20. The number of hydrogen-bond acceptors (Lipinski definition) is 10. The van der Waals surface area contributed by atoms with Crippen LogP contribution in [0.15, 0.2) is 60.8 Å². The molecule has 44 heteroatoms. The van der Waals surface area contributed by atoms with Crippen molar-refractivity contribution >= 4 is 357 Å². The van der Waals surface area contributed by atoms with Gasteiger partial charge in [0.25, 0.3) is 0 Å². The lowest BCUT2D eigenvalue weighted by molar-refractivity contribution is -0.134. The number of hydrogen-bond donors (Lipinski definition) is 10. The third-order valence-electron chi connectivity index (χ3n) is 1.84. The molecule has 0 rings (SSSR count). The zero-order valence-electron chi connectivity index (χ0n) is 29.1. The lowest BCUT2D eigenvalue weighted by Gasteiger charge is -1.74. The Bertz CT molecular complexity index is 853. The van der Waals surface area contributed by atoms with E-state index in [-0.39, 0.29) is 298 Å². The van der Waals surface area contributed by atoms with Crippen LogP contribution in [0.2, 0.25) is 0 Å². The van der Waals surface area contributed by atoms with E-state index in [0.29, 0.717) is 60.8 Å². The Hall–Kier alpha value is 0.360. The quantitative estimate of drug-likeness (QED) is 0.0914. The van der Waals surface area contributed by atoms with Crippen molar-refractivity contribution in [3.05, 3.63) is 60.8 Å². The van der Waals surface area contributed by atoms with Gasteiger partial charge < -0.3 is 51.1 Å². The summed E-state index contributed by atoms with van der Waals surface area (Å²) in [5, 5.41) is 78.1. The van der Waals surface area contributed by atoms with Crippen LogP contribution in [0.3, 0.4) is 0 Å². The molecule has 412 valence electrons. The highest BCUT2D eigenvalue weighted by molar-refractivity contribution is 5.92. The molecule has 0 saturated heterocycles. The molecule has 0 saturated carbocycles. The highest BCUT2D eigenvalue weighted by Gasteiger charge is 1.90. The zero-order valence-corrected chi connectivity index (χ0v) is 48.7. The first-order chi connectivity index (χ1) is 18.1. The standard InChI is InChI=1S/5C4H4O4.24ClH/c5*5-3(6)1-2-4(7)8;;;;;;;;;;;;;;;;;;;;;;;;/h5*1-2H,(H,5,6)(H,7,8);24*1H/b5*2-1+;;;;;;;;;;;;;;;;;;;;;;;;. The Kier molecular flexibility index (Phi) is 488. The van der Waals surface area contributed by atoms with Crippen LogP contribution in [-0.2, 0) is 47.9 Å². The summed E-state index contributed by atoms with van der Waals surface area (Å²) in [7, 11) is 0. The van der Waals surface area contributed by atoms with Crippen LogP contribution in [0.1, 0.15) is 0 Å². The normalized spacial score (nSPS) is 5.94. The van der Waals surface area contributed by atoms with Crippen molar-refractivity contribution in [2.75, 3.05) is 0 Å². The van der Waals surface area contributed by atoms with Gasteiger partial charge in [0.15, 0.2) is 0 Å². The van der Waals surface area contributed by atoms with Crippen LogP contribution >= 0.6 is 298 Å². The summed E-state index contributed by atoms with van der Waals surface area (Å²) < 4.78 is 0. The summed E-state index contributed by atoms with van der Waals surface area (Å²) in [5.41, 5.74) is 0. The minimum absolute atomic E-state index is 0. The molecule has 0 atom stereocenters. The second-order valence-electron chi connectivity index (χ2n) is 5.05. The van der Waals surface area contributed by atoms with Gasteiger partial charge in [0.1, 0.15) is 0 Å². The van der Waals surface area contributed by atoms with Gasteiger partial charge in [-0.25, -0.2) is 47.9 Å². The Morgan fingerprint density at radius 3 is 0.188 bits per heavy atom. The van der Waals surface area contributed by atoms with Gasteiger partial charge in [-0.1, -0.05) is 0 Å². The molecule has 0 aliphatic heterocycles. The molecule has 0 aliphatic rings. The molecule has 0 spiro atoms. The summed E-state index contributed by atoms with van der Waals surface area (Å²) in [6, 6.07) is 0. The fourth-order valence-corrected chi connectivity index (χ4v) is 0.713. The lowest BCUT2D eigenvalue weighted by atomic mass is 10.5. The number of aliphatic carboxylic acids is 10. The highest BCUT2D eigenvalue weighted by Crippen LogP contribution is 1.73. The maximum absolute atomic E-state index is 9.55. The first kappa shape index (κ1) is 207. The predicted molar refractivity (Wildman–Crippen MR) is 296 cm³/mol. The smallest absolute Gasteiger partial charge is 0.328 e. The van der Waals surface area contributed by atoms with E-state index < -0.39 is 59.7 Å². The van der Waals surface area contributed by atoms with E-state index in [0.717, 1.165) is 0 Å². The Morgan fingerprint density at radius 1 is 0.141 bits per heavy atom. The largest absolute Gasteiger partial charge is 0.478 e. The molecule has 0 radical (unpaired) electrons. The van der Waals surface area contributed by atoms with Gasteiger partial charge in [0.2, 0.25) is 0 Å². The molecule has 0 aliphatic carbocycles. The Morgan fingerprint density at radius 2 is 0.172 bits per heavy atom. The first-order valence-electron chi connectivity index (χ1n) is 8.83. The molecule has 0 unspecified atom stereocenters. The van der Waals surface area contributed by atoms with Crippen LogP contribution < -0.4 is 0 Å². The zero-order chi connectivity index (χ0) is 32.8. The first-order valence-corrected chi connectivity index (χ1v) is 8.83. The number of rotatable bonds is 10. The molecule has 20 nitrogen and oxygen atoms in total. The van der Waals surface area contributed by atoms with E-state index in [1.54, 1.807) is 0 Å². The van der Waals surface area contributed by atoms with E-state index in [2.05, 4.69) is 0 Å². The maximum atomic E-state index is 9.55. The van der Waals surface area contributed by atoms with Gasteiger partial charge in [-0.15, -0.1) is 298 Å². The maximum Gasteiger partial charge on any atom is 0.328 e. The van der Waals surface area contributed by atoms with Crippen LogP contribution in [0, 0.1) is 0 Å². The van der Waals surface area contributed by atoms with Crippen LogP contribution in [0.25, 0.3) is 0 Å². The number of carboxylic acids is 10.